The molecule has 16 heavy (non-hydrogen) atoms. The van der Waals surface area contributed by atoms with Crippen LogP contribution in [0.4, 0.5) is 0 Å². The van der Waals surface area contributed by atoms with Crippen LogP contribution in [-0.4, -0.2) is 18.2 Å². The number of carbonyl (C=O) groups is 1. The topological polar surface area (TPSA) is 46.5 Å². The molecule has 0 bridgehead atoms. The minimum Gasteiger partial charge on any atom is -0.495 e. The summed E-state index contributed by atoms with van der Waals surface area (Å²) >= 11 is 3.39. The average Bonchev–Trinajstić information content (AvgIpc) is 2.21. The van der Waals surface area contributed by atoms with Crippen LogP contribution in [0.15, 0.2) is 10.5 Å². The Morgan fingerprint density at radius 2 is 2.06 bits per heavy atom. The highest BCUT2D eigenvalue weighted by Crippen LogP contribution is 2.38. The number of hydrogen-bond acceptors (Lipinski definition) is 2. The predicted molar refractivity (Wildman–Crippen MR) is 66.2 cm³/mol. The second-order valence-corrected chi connectivity index (χ2v) is 4.66. The quantitative estimate of drug-likeness (QED) is 0.928. The molecule has 1 unspecified atom stereocenters. The number of carboxylic acids is 1. The molecule has 88 valence electrons. The molecule has 0 saturated carbocycles. The van der Waals surface area contributed by atoms with E-state index in [1.165, 1.54) is 0 Å². The van der Waals surface area contributed by atoms with Crippen molar-refractivity contribution in [3.05, 3.63) is 27.2 Å². The van der Waals surface area contributed by atoms with Gasteiger partial charge in [-0.3, -0.25) is 4.79 Å². The Morgan fingerprint density at radius 1 is 1.50 bits per heavy atom. The van der Waals surface area contributed by atoms with Gasteiger partial charge in [0.1, 0.15) is 5.75 Å². The first-order valence-electron chi connectivity index (χ1n) is 4.96. The zero-order valence-electron chi connectivity index (χ0n) is 9.80. The monoisotopic (exact) mass is 286 g/mol. The van der Waals surface area contributed by atoms with Crippen LogP contribution < -0.4 is 4.74 Å². The minimum atomic E-state index is -0.848. The summed E-state index contributed by atoms with van der Waals surface area (Å²) in [6, 6.07) is 1.94. The molecule has 0 aliphatic carbocycles. The van der Waals surface area contributed by atoms with E-state index in [0.29, 0.717) is 5.75 Å². The van der Waals surface area contributed by atoms with Crippen molar-refractivity contribution in [2.24, 2.45) is 0 Å². The molecule has 0 spiro atoms. The molecule has 1 rings (SSSR count). The van der Waals surface area contributed by atoms with Gasteiger partial charge in [-0.1, -0.05) is 0 Å². The number of benzene rings is 1. The Bertz CT molecular complexity index is 427. The van der Waals surface area contributed by atoms with Crippen molar-refractivity contribution in [3.63, 3.8) is 0 Å². The van der Waals surface area contributed by atoms with E-state index in [9.17, 15) is 4.79 Å². The summed E-state index contributed by atoms with van der Waals surface area (Å²) < 4.78 is 6.07. The van der Waals surface area contributed by atoms with Gasteiger partial charge in [0.25, 0.3) is 0 Å². The summed E-state index contributed by atoms with van der Waals surface area (Å²) in [4.78, 5) is 11.1. The Labute approximate surface area is 104 Å². The highest BCUT2D eigenvalue weighted by molar-refractivity contribution is 9.10. The molecule has 0 saturated heterocycles. The Balaban J connectivity index is 3.50. The van der Waals surface area contributed by atoms with Crippen LogP contribution in [0.2, 0.25) is 0 Å². The van der Waals surface area contributed by atoms with Crippen molar-refractivity contribution in [2.45, 2.75) is 26.7 Å². The number of carboxylic acid groups (broad SMARTS) is 1. The van der Waals surface area contributed by atoms with Crippen LogP contribution in [0, 0.1) is 13.8 Å². The lowest BCUT2D eigenvalue weighted by molar-refractivity contribution is -0.138. The van der Waals surface area contributed by atoms with E-state index in [2.05, 4.69) is 15.9 Å². The zero-order valence-corrected chi connectivity index (χ0v) is 11.4. The minimum absolute atomic E-state index is 0.578. The molecule has 3 nitrogen and oxygen atoms in total. The molecule has 0 aliphatic rings. The van der Waals surface area contributed by atoms with Crippen molar-refractivity contribution in [1.82, 2.24) is 0 Å². The summed E-state index contributed by atoms with van der Waals surface area (Å²) in [7, 11) is 1.55. The first-order chi connectivity index (χ1) is 7.40. The van der Waals surface area contributed by atoms with Crippen molar-refractivity contribution < 1.29 is 14.6 Å². The second-order valence-electron chi connectivity index (χ2n) is 3.81. The Hall–Kier alpha value is -1.03. The summed E-state index contributed by atoms with van der Waals surface area (Å²) in [5, 5.41) is 9.09. The Morgan fingerprint density at radius 3 is 2.50 bits per heavy atom. The molecule has 0 aliphatic heterocycles. The van der Waals surface area contributed by atoms with E-state index in [-0.39, 0.29) is 0 Å². The predicted octanol–water partition coefficient (Wildman–Crippen LogP) is 3.26. The average molecular weight is 287 g/mol. The van der Waals surface area contributed by atoms with Crippen molar-refractivity contribution in [3.8, 4) is 5.75 Å². The summed E-state index contributed by atoms with van der Waals surface area (Å²) in [5.41, 5.74) is 2.76. The molecule has 1 atom stereocenters. The summed E-state index contributed by atoms with van der Waals surface area (Å²) in [5.74, 6) is -0.817. The fraction of sp³-hybridized carbons (Fsp3) is 0.417. The third-order valence-electron chi connectivity index (χ3n) is 2.81. The van der Waals surface area contributed by atoms with Gasteiger partial charge in [-0.15, -0.1) is 0 Å². The molecular weight excluding hydrogens is 272 g/mol. The molecule has 4 heteroatoms. The van der Waals surface area contributed by atoms with Crippen molar-refractivity contribution >= 4 is 21.9 Å². The third-order valence-corrected chi connectivity index (χ3v) is 3.40. The SMILES string of the molecule is COc1c(Br)cc(C)c(C)c1C(C)C(=O)O. The van der Waals surface area contributed by atoms with Crippen LogP contribution in [0.3, 0.4) is 0 Å². The van der Waals surface area contributed by atoms with Crippen LogP contribution in [0.5, 0.6) is 5.75 Å². The van der Waals surface area contributed by atoms with E-state index < -0.39 is 11.9 Å². The molecule has 0 heterocycles. The maximum atomic E-state index is 11.1. The lowest BCUT2D eigenvalue weighted by Crippen LogP contribution is -2.11. The van der Waals surface area contributed by atoms with Gasteiger partial charge >= 0.3 is 5.97 Å². The highest BCUT2D eigenvalue weighted by Gasteiger charge is 2.23. The van der Waals surface area contributed by atoms with Crippen LogP contribution in [0.1, 0.15) is 29.5 Å². The van der Waals surface area contributed by atoms with E-state index in [0.717, 1.165) is 21.2 Å². The molecule has 1 aromatic carbocycles. The number of aliphatic carboxylic acids is 1. The van der Waals surface area contributed by atoms with E-state index >= 15 is 0 Å². The van der Waals surface area contributed by atoms with Crippen molar-refractivity contribution in [1.29, 1.82) is 0 Å². The van der Waals surface area contributed by atoms with Crippen LogP contribution in [-0.2, 0) is 4.79 Å². The van der Waals surface area contributed by atoms with Gasteiger partial charge in [-0.05, 0) is 53.9 Å². The third kappa shape index (κ3) is 2.21. The molecule has 0 radical (unpaired) electrons. The number of aryl methyl sites for hydroxylation is 1. The number of rotatable bonds is 3. The van der Waals surface area contributed by atoms with Gasteiger partial charge in [-0.2, -0.15) is 0 Å². The van der Waals surface area contributed by atoms with Gasteiger partial charge in [0.15, 0.2) is 0 Å². The molecule has 1 N–H and O–H groups in total. The van der Waals surface area contributed by atoms with Crippen LogP contribution in [0.25, 0.3) is 0 Å². The first-order valence-corrected chi connectivity index (χ1v) is 5.75. The molecular formula is C12H15BrO3. The standard InChI is InChI=1S/C12H15BrO3/c1-6-5-9(13)11(16-4)10(7(6)2)8(3)12(14)15/h5,8H,1-4H3,(H,14,15). The number of ether oxygens (including phenoxy) is 1. The lowest BCUT2D eigenvalue weighted by atomic mass is 9.92. The fourth-order valence-corrected chi connectivity index (χ4v) is 2.45. The van der Waals surface area contributed by atoms with Crippen molar-refractivity contribution in [2.75, 3.05) is 7.11 Å². The van der Waals surface area contributed by atoms with E-state index in [1.54, 1.807) is 14.0 Å². The van der Waals surface area contributed by atoms with Crippen LogP contribution >= 0.6 is 15.9 Å². The van der Waals surface area contributed by atoms with Gasteiger partial charge in [0, 0.05) is 5.56 Å². The van der Waals surface area contributed by atoms with E-state index in [1.807, 2.05) is 19.9 Å². The number of halogens is 1. The number of methoxy groups -OCH3 is 1. The molecule has 0 fully saturated rings. The normalized spacial score (nSPS) is 12.3. The zero-order chi connectivity index (χ0) is 12.5. The lowest BCUT2D eigenvalue weighted by Gasteiger charge is -2.18. The van der Waals surface area contributed by atoms with Gasteiger partial charge in [0.2, 0.25) is 0 Å². The maximum Gasteiger partial charge on any atom is 0.310 e. The van der Waals surface area contributed by atoms with E-state index in [4.69, 9.17) is 9.84 Å². The second kappa shape index (κ2) is 4.87. The summed E-state index contributed by atoms with van der Waals surface area (Å²) in [6.45, 7) is 5.54. The molecule has 1 aromatic rings. The highest BCUT2D eigenvalue weighted by atomic mass is 79.9. The fourth-order valence-electron chi connectivity index (χ4n) is 1.73. The van der Waals surface area contributed by atoms with Gasteiger partial charge < -0.3 is 9.84 Å². The molecule has 0 amide bonds. The maximum absolute atomic E-state index is 11.1. The van der Waals surface area contributed by atoms with Gasteiger partial charge in [0.05, 0.1) is 17.5 Å². The molecule has 0 aromatic heterocycles. The number of hydrogen-bond donors (Lipinski definition) is 1. The smallest absolute Gasteiger partial charge is 0.310 e. The van der Waals surface area contributed by atoms with Gasteiger partial charge in [-0.25, -0.2) is 0 Å². The first kappa shape index (κ1) is 13.0. The Kier molecular flexibility index (Phi) is 3.97. The summed E-state index contributed by atoms with van der Waals surface area (Å²) in [6.07, 6.45) is 0. The largest absolute Gasteiger partial charge is 0.495 e.